The van der Waals surface area contributed by atoms with Gasteiger partial charge in [0.2, 0.25) is 11.8 Å². The molecule has 0 saturated carbocycles. The number of nitriles is 1. The number of hydrogen-bond donors (Lipinski definition) is 1. The highest BCUT2D eigenvalue weighted by Crippen LogP contribution is 2.41. The molecule has 11 heteroatoms. The van der Waals surface area contributed by atoms with Crippen LogP contribution in [-0.2, 0) is 0 Å². The van der Waals surface area contributed by atoms with E-state index in [1.807, 2.05) is 5.32 Å². The summed E-state index contributed by atoms with van der Waals surface area (Å²) >= 11 is 11.4. The average molecular weight is 384 g/mol. The summed E-state index contributed by atoms with van der Waals surface area (Å²) in [5.74, 6) is -9.52. The summed E-state index contributed by atoms with van der Waals surface area (Å²) in [6.45, 7) is 0. The van der Waals surface area contributed by atoms with Crippen molar-refractivity contribution in [3.63, 3.8) is 0 Å². The second-order valence-corrected chi connectivity index (χ2v) is 4.91. The Balaban J connectivity index is 2.71. The van der Waals surface area contributed by atoms with Crippen LogP contribution in [0, 0.1) is 40.5 Å². The van der Waals surface area contributed by atoms with Crippen LogP contribution in [-0.4, -0.2) is 12.1 Å². The van der Waals surface area contributed by atoms with Crippen LogP contribution < -0.4 is 10.1 Å². The fourth-order valence-electron chi connectivity index (χ4n) is 1.70. The summed E-state index contributed by atoms with van der Waals surface area (Å²) < 4.78 is 73.3. The summed E-state index contributed by atoms with van der Waals surface area (Å²) in [5.41, 5.74) is -3.45. The molecule has 0 aliphatic rings. The van der Waals surface area contributed by atoms with Crippen molar-refractivity contribution in [3.8, 4) is 11.9 Å². The minimum absolute atomic E-state index is 0.489. The van der Waals surface area contributed by atoms with Gasteiger partial charge in [-0.1, -0.05) is 23.2 Å². The molecule has 0 spiro atoms. The van der Waals surface area contributed by atoms with Crippen LogP contribution in [0.25, 0.3) is 0 Å². The van der Waals surface area contributed by atoms with Gasteiger partial charge in [0.25, 0.3) is 0 Å². The van der Waals surface area contributed by atoms with Gasteiger partial charge in [-0.25, -0.2) is 17.6 Å². The maximum absolute atomic E-state index is 13.9. The molecular weight excluding hydrogens is 380 g/mol. The molecule has 126 valence electrons. The van der Waals surface area contributed by atoms with Crippen molar-refractivity contribution in [2.75, 3.05) is 12.4 Å². The third-order valence-electron chi connectivity index (χ3n) is 2.83. The Labute approximate surface area is 141 Å². The number of benzene rings is 1. The molecule has 1 aromatic carbocycles. The van der Waals surface area contributed by atoms with Gasteiger partial charge in [-0.3, -0.25) is 0 Å². The number of halogens is 7. The van der Waals surface area contributed by atoms with Crippen LogP contribution in [0.4, 0.5) is 33.3 Å². The van der Waals surface area contributed by atoms with E-state index in [-0.39, 0.29) is 0 Å². The lowest BCUT2D eigenvalue weighted by molar-refractivity contribution is 0.388. The zero-order valence-corrected chi connectivity index (χ0v) is 13.0. The van der Waals surface area contributed by atoms with E-state index in [4.69, 9.17) is 28.5 Å². The van der Waals surface area contributed by atoms with Crippen molar-refractivity contribution in [1.29, 1.82) is 5.26 Å². The van der Waals surface area contributed by atoms with E-state index in [0.29, 0.717) is 0 Å². The molecule has 1 N–H and O–H groups in total. The number of anilines is 2. The summed E-state index contributed by atoms with van der Waals surface area (Å²) in [4.78, 5) is 3.23. The third-order valence-corrected chi connectivity index (χ3v) is 3.52. The number of nitrogens with one attached hydrogen (secondary N) is 1. The molecule has 1 heterocycles. The van der Waals surface area contributed by atoms with Crippen LogP contribution in [0.5, 0.6) is 5.88 Å². The predicted octanol–water partition coefficient (Wildman–Crippen LogP) is 4.71. The Morgan fingerprint density at radius 3 is 1.96 bits per heavy atom. The van der Waals surface area contributed by atoms with Crippen molar-refractivity contribution in [2.45, 2.75) is 0 Å². The van der Waals surface area contributed by atoms with Crippen molar-refractivity contribution in [1.82, 2.24) is 4.98 Å². The van der Waals surface area contributed by atoms with Gasteiger partial charge in [0, 0.05) is 0 Å². The van der Waals surface area contributed by atoms with Gasteiger partial charge < -0.3 is 10.1 Å². The monoisotopic (exact) mass is 383 g/mol. The zero-order valence-electron chi connectivity index (χ0n) is 11.4. The number of hydrogen-bond acceptors (Lipinski definition) is 4. The minimum Gasteiger partial charge on any atom is -0.480 e. The van der Waals surface area contributed by atoms with Gasteiger partial charge in [0.15, 0.2) is 23.3 Å². The highest BCUT2D eigenvalue weighted by Gasteiger charge is 2.28. The highest BCUT2D eigenvalue weighted by molar-refractivity contribution is 6.40. The average Bonchev–Trinajstić information content (AvgIpc) is 2.56. The second kappa shape index (κ2) is 6.67. The number of rotatable bonds is 3. The smallest absolute Gasteiger partial charge is 0.237 e. The number of aromatic nitrogens is 1. The lowest BCUT2D eigenvalue weighted by Crippen LogP contribution is -2.08. The van der Waals surface area contributed by atoms with Crippen LogP contribution in [0.2, 0.25) is 10.0 Å². The van der Waals surface area contributed by atoms with Crippen molar-refractivity contribution < 1.29 is 26.7 Å². The third kappa shape index (κ3) is 2.79. The minimum atomic E-state index is -1.94. The largest absolute Gasteiger partial charge is 0.480 e. The lowest BCUT2D eigenvalue weighted by atomic mass is 10.1. The van der Waals surface area contributed by atoms with E-state index in [1.54, 1.807) is 0 Å². The van der Waals surface area contributed by atoms with Crippen LogP contribution >= 0.6 is 23.2 Å². The van der Waals surface area contributed by atoms with Crippen molar-refractivity contribution in [3.05, 3.63) is 44.8 Å². The number of pyridine rings is 1. The molecule has 24 heavy (non-hydrogen) atoms. The molecule has 0 atom stereocenters. The van der Waals surface area contributed by atoms with Gasteiger partial charge in [-0.15, -0.1) is 0 Å². The molecule has 1 aromatic heterocycles. The van der Waals surface area contributed by atoms with Gasteiger partial charge in [-0.2, -0.15) is 14.6 Å². The first kappa shape index (κ1) is 18.0. The molecule has 2 aromatic rings. The topological polar surface area (TPSA) is 57.9 Å². The van der Waals surface area contributed by atoms with Crippen LogP contribution in [0.1, 0.15) is 5.56 Å². The number of methoxy groups -OCH3 is 1. The van der Waals surface area contributed by atoms with E-state index >= 15 is 0 Å². The first-order valence-electron chi connectivity index (χ1n) is 5.86. The Bertz CT molecular complexity index is 856. The maximum Gasteiger partial charge on any atom is 0.237 e. The van der Waals surface area contributed by atoms with Gasteiger partial charge in [-0.05, 0) is 0 Å². The maximum atomic E-state index is 13.9. The fraction of sp³-hybridized carbons (Fsp3) is 0.0769. The molecule has 0 saturated heterocycles. The molecule has 0 unspecified atom stereocenters. The summed E-state index contributed by atoms with van der Waals surface area (Å²) in [7, 11) is 1.08. The number of ether oxygens (including phenoxy) is 1. The quantitative estimate of drug-likeness (QED) is 0.473. The van der Waals surface area contributed by atoms with E-state index in [9.17, 15) is 22.0 Å². The molecule has 2 rings (SSSR count). The van der Waals surface area contributed by atoms with E-state index in [0.717, 1.165) is 13.2 Å². The fourth-order valence-corrected chi connectivity index (χ4v) is 2.20. The van der Waals surface area contributed by atoms with Crippen LogP contribution in [0.3, 0.4) is 0 Å². The van der Waals surface area contributed by atoms with E-state index in [1.165, 1.54) is 0 Å². The van der Waals surface area contributed by atoms with E-state index < -0.39 is 62.1 Å². The standard InChI is InChI=1S/C13H4Cl2F5N3O/c1-24-13-5(15)10(4(14)12(20)23-13)22-11-8(18)6(16)3(2-21)7(17)9(11)19/h1H3,(H,22,23). The highest BCUT2D eigenvalue weighted by atomic mass is 35.5. The molecule has 0 aliphatic carbocycles. The molecule has 0 bridgehead atoms. The van der Waals surface area contributed by atoms with Gasteiger partial charge in [0.1, 0.15) is 27.4 Å². The summed E-state index contributed by atoms with van der Waals surface area (Å²) in [6, 6.07) is 0.986. The Morgan fingerprint density at radius 1 is 0.958 bits per heavy atom. The summed E-state index contributed by atoms with van der Waals surface area (Å²) in [6.07, 6.45) is 0. The van der Waals surface area contributed by atoms with Crippen LogP contribution in [0.15, 0.2) is 0 Å². The molecule has 0 fully saturated rings. The molecule has 0 radical (unpaired) electrons. The molecule has 0 aliphatic heterocycles. The Hall–Kier alpha value is -2.31. The SMILES string of the molecule is COc1nc(F)c(Cl)c(Nc2c(F)c(F)c(C#N)c(F)c2F)c1Cl. The summed E-state index contributed by atoms with van der Waals surface area (Å²) in [5, 5.41) is 9.09. The van der Waals surface area contributed by atoms with Crippen molar-refractivity contribution in [2.24, 2.45) is 0 Å². The molecular formula is C13H4Cl2F5N3O. The molecule has 4 nitrogen and oxygen atoms in total. The van der Waals surface area contributed by atoms with E-state index in [2.05, 4.69) is 9.72 Å². The normalized spacial score (nSPS) is 10.5. The number of nitrogens with zero attached hydrogens (tertiary/aromatic N) is 2. The zero-order chi connectivity index (χ0) is 18.2. The van der Waals surface area contributed by atoms with Gasteiger partial charge >= 0.3 is 0 Å². The lowest BCUT2D eigenvalue weighted by Gasteiger charge is -2.15. The molecule has 0 amide bonds. The Kier molecular flexibility index (Phi) is 5.01. The van der Waals surface area contributed by atoms with Gasteiger partial charge in [0.05, 0.1) is 12.8 Å². The van der Waals surface area contributed by atoms with Crippen molar-refractivity contribution >= 4 is 34.6 Å². The second-order valence-electron chi connectivity index (χ2n) is 4.16. The first-order valence-corrected chi connectivity index (χ1v) is 6.61. The first-order chi connectivity index (χ1) is 11.2. The Morgan fingerprint density at radius 2 is 1.50 bits per heavy atom. The predicted molar refractivity (Wildman–Crippen MR) is 75.0 cm³/mol.